The van der Waals surface area contributed by atoms with Crippen LogP contribution >= 0.6 is 11.6 Å². The highest BCUT2D eigenvalue weighted by Crippen LogP contribution is 2.25. The lowest BCUT2D eigenvalue weighted by atomic mass is 10.2. The van der Waals surface area contributed by atoms with Gasteiger partial charge < -0.3 is 15.5 Å². The molecule has 0 aliphatic rings. The maximum atomic E-state index is 6.01. The van der Waals surface area contributed by atoms with E-state index in [9.17, 15) is 0 Å². The molecular formula is C11H13ClN4O. The number of hydrogen-bond donors (Lipinski definition) is 2. The topological polar surface area (TPSA) is 77.0 Å². The number of hydrogen-bond acceptors (Lipinski definition) is 5. The van der Waals surface area contributed by atoms with Gasteiger partial charge in [-0.05, 0) is 24.6 Å². The van der Waals surface area contributed by atoms with Crippen molar-refractivity contribution in [1.29, 1.82) is 0 Å². The normalized spacial score (nSPS) is 10.5. The molecule has 0 atom stereocenters. The zero-order valence-corrected chi connectivity index (χ0v) is 10.2. The summed E-state index contributed by atoms with van der Waals surface area (Å²) in [7, 11) is 0. The van der Waals surface area contributed by atoms with Crippen molar-refractivity contribution in [3.63, 3.8) is 0 Å². The Kier molecular flexibility index (Phi) is 3.61. The number of halogens is 1. The van der Waals surface area contributed by atoms with Crippen LogP contribution in [0.2, 0.25) is 5.02 Å². The van der Waals surface area contributed by atoms with E-state index in [1.807, 2.05) is 25.1 Å². The number of anilines is 2. The molecule has 1 aromatic carbocycles. The summed E-state index contributed by atoms with van der Waals surface area (Å²) >= 11 is 6.01. The van der Waals surface area contributed by atoms with E-state index in [1.165, 1.54) is 0 Å². The smallest absolute Gasteiger partial charge is 0.320 e. The van der Waals surface area contributed by atoms with Crippen molar-refractivity contribution >= 4 is 23.3 Å². The quantitative estimate of drug-likeness (QED) is 0.873. The van der Waals surface area contributed by atoms with E-state index < -0.39 is 0 Å². The third-order valence-electron chi connectivity index (χ3n) is 2.33. The second-order valence-corrected chi connectivity index (χ2v) is 3.98. The maximum Gasteiger partial charge on any atom is 0.320 e. The Labute approximate surface area is 104 Å². The number of benzene rings is 1. The van der Waals surface area contributed by atoms with Gasteiger partial charge in [-0.3, -0.25) is 0 Å². The van der Waals surface area contributed by atoms with Gasteiger partial charge in [-0.15, -0.1) is 5.10 Å². The molecule has 0 aliphatic carbocycles. The van der Waals surface area contributed by atoms with Crippen LogP contribution in [0.3, 0.4) is 0 Å². The van der Waals surface area contributed by atoms with Crippen molar-refractivity contribution in [1.82, 2.24) is 10.2 Å². The standard InChI is InChI=1S/C11H13ClN4O/c1-7-8(12)3-2-4-9(7)14-11-16-15-10(17-11)5-6-13/h2-4H,5-6,13H2,1H3,(H,14,16). The van der Waals surface area contributed by atoms with E-state index >= 15 is 0 Å². The highest BCUT2D eigenvalue weighted by Gasteiger charge is 2.07. The first kappa shape index (κ1) is 11.9. The molecule has 6 heteroatoms. The van der Waals surface area contributed by atoms with Crippen molar-refractivity contribution in [3.8, 4) is 0 Å². The van der Waals surface area contributed by atoms with Crippen LogP contribution in [0.25, 0.3) is 0 Å². The Bertz CT molecular complexity index is 512. The number of rotatable bonds is 4. The van der Waals surface area contributed by atoms with Crippen LogP contribution < -0.4 is 11.1 Å². The van der Waals surface area contributed by atoms with Crippen molar-refractivity contribution in [3.05, 3.63) is 34.7 Å². The van der Waals surface area contributed by atoms with Gasteiger partial charge in [-0.25, -0.2) is 0 Å². The van der Waals surface area contributed by atoms with E-state index in [0.717, 1.165) is 11.3 Å². The molecule has 0 saturated heterocycles. The van der Waals surface area contributed by atoms with Gasteiger partial charge in [0.25, 0.3) is 0 Å². The van der Waals surface area contributed by atoms with Crippen LogP contribution in [0.1, 0.15) is 11.5 Å². The molecule has 0 bridgehead atoms. The molecule has 1 aromatic heterocycles. The van der Waals surface area contributed by atoms with E-state index in [1.54, 1.807) is 0 Å². The maximum absolute atomic E-state index is 6.01. The Morgan fingerprint density at radius 1 is 1.41 bits per heavy atom. The number of aromatic nitrogens is 2. The van der Waals surface area contributed by atoms with Gasteiger partial charge in [-0.2, -0.15) is 0 Å². The molecule has 0 amide bonds. The van der Waals surface area contributed by atoms with Crippen LogP contribution in [0, 0.1) is 6.92 Å². The van der Waals surface area contributed by atoms with E-state index in [-0.39, 0.29) is 0 Å². The van der Waals surface area contributed by atoms with Gasteiger partial charge >= 0.3 is 6.01 Å². The van der Waals surface area contributed by atoms with Crippen LogP contribution in [0.5, 0.6) is 0 Å². The van der Waals surface area contributed by atoms with Crippen LogP contribution in [-0.2, 0) is 6.42 Å². The Hall–Kier alpha value is -1.59. The molecule has 0 spiro atoms. The monoisotopic (exact) mass is 252 g/mol. The van der Waals surface area contributed by atoms with Gasteiger partial charge in [0.15, 0.2) is 0 Å². The molecule has 5 nitrogen and oxygen atoms in total. The van der Waals surface area contributed by atoms with E-state index in [4.69, 9.17) is 21.8 Å². The Morgan fingerprint density at radius 3 is 3.00 bits per heavy atom. The zero-order chi connectivity index (χ0) is 12.3. The number of nitrogens with two attached hydrogens (primary N) is 1. The Morgan fingerprint density at radius 2 is 2.24 bits per heavy atom. The van der Waals surface area contributed by atoms with Gasteiger partial charge in [-0.1, -0.05) is 22.8 Å². The first-order valence-corrected chi connectivity index (χ1v) is 5.63. The fraction of sp³-hybridized carbons (Fsp3) is 0.273. The number of nitrogens with one attached hydrogen (secondary N) is 1. The molecule has 0 saturated carbocycles. The summed E-state index contributed by atoms with van der Waals surface area (Å²) in [5.74, 6) is 0.523. The van der Waals surface area contributed by atoms with Crippen molar-refractivity contribution in [2.75, 3.05) is 11.9 Å². The van der Waals surface area contributed by atoms with Crippen molar-refractivity contribution in [2.45, 2.75) is 13.3 Å². The van der Waals surface area contributed by atoms with Gasteiger partial charge in [0, 0.05) is 23.7 Å². The molecule has 2 aromatic rings. The summed E-state index contributed by atoms with van der Waals surface area (Å²) in [5.41, 5.74) is 7.19. The Balaban J connectivity index is 2.16. The third kappa shape index (κ3) is 2.75. The lowest BCUT2D eigenvalue weighted by molar-refractivity contribution is 0.510. The lowest BCUT2D eigenvalue weighted by Gasteiger charge is -2.06. The van der Waals surface area contributed by atoms with E-state index in [0.29, 0.717) is 29.9 Å². The minimum atomic E-state index is 0.346. The van der Waals surface area contributed by atoms with Gasteiger partial charge in [0.1, 0.15) is 0 Å². The minimum Gasteiger partial charge on any atom is -0.408 e. The lowest BCUT2D eigenvalue weighted by Crippen LogP contribution is -2.02. The molecule has 90 valence electrons. The largest absolute Gasteiger partial charge is 0.408 e. The average molecular weight is 253 g/mol. The van der Waals surface area contributed by atoms with Crippen LogP contribution in [0.4, 0.5) is 11.7 Å². The van der Waals surface area contributed by atoms with Crippen LogP contribution in [-0.4, -0.2) is 16.7 Å². The van der Waals surface area contributed by atoms with Crippen molar-refractivity contribution < 1.29 is 4.42 Å². The fourth-order valence-corrected chi connectivity index (χ4v) is 1.56. The molecule has 0 aliphatic heterocycles. The van der Waals surface area contributed by atoms with Gasteiger partial charge in [0.05, 0.1) is 0 Å². The summed E-state index contributed by atoms with van der Waals surface area (Å²) in [5, 5.41) is 11.5. The molecular weight excluding hydrogens is 240 g/mol. The fourth-order valence-electron chi connectivity index (χ4n) is 1.39. The second-order valence-electron chi connectivity index (χ2n) is 3.58. The molecule has 0 fully saturated rings. The highest BCUT2D eigenvalue weighted by atomic mass is 35.5. The summed E-state index contributed by atoms with van der Waals surface area (Å²) < 4.78 is 5.37. The van der Waals surface area contributed by atoms with Gasteiger partial charge in [0.2, 0.25) is 5.89 Å². The predicted molar refractivity (Wildman–Crippen MR) is 66.5 cm³/mol. The second kappa shape index (κ2) is 5.16. The zero-order valence-electron chi connectivity index (χ0n) is 9.40. The van der Waals surface area contributed by atoms with Crippen LogP contribution in [0.15, 0.2) is 22.6 Å². The SMILES string of the molecule is Cc1c(Cl)cccc1Nc1nnc(CCN)o1. The summed E-state index contributed by atoms with van der Waals surface area (Å²) in [6, 6.07) is 5.93. The summed E-state index contributed by atoms with van der Waals surface area (Å²) in [4.78, 5) is 0. The molecule has 0 unspecified atom stereocenters. The molecule has 3 N–H and O–H groups in total. The highest BCUT2D eigenvalue weighted by molar-refractivity contribution is 6.31. The predicted octanol–water partition coefficient (Wildman–Crippen LogP) is 2.28. The number of nitrogens with zero attached hydrogens (tertiary/aromatic N) is 2. The minimum absolute atomic E-state index is 0.346. The molecule has 0 radical (unpaired) electrons. The molecule has 2 rings (SSSR count). The summed E-state index contributed by atoms with van der Waals surface area (Å²) in [6.45, 7) is 2.40. The first-order chi connectivity index (χ1) is 8.20. The third-order valence-corrected chi connectivity index (χ3v) is 2.74. The molecule has 17 heavy (non-hydrogen) atoms. The van der Waals surface area contributed by atoms with E-state index in [2.05, 4.69) is 15.5 Å². The molecule has 1 heterocycles. The summed E-state index contributed by atoms with van der Waals surface area (Å²) in [6.07, 6.45) is 0.573. The van der Waals surface area contributed by atoms with Crippen molar-refractivity contribution in [2.24, 2.45) is 5.73 Å². The average Bonchev–Trinajstić information content (AvgIpc) is 2.73. The first-order valence-electron chi connectivity index (χ1n) is 5.25.